The number of benzene rings is 1. The van der Waals surface area contributed by atoms with Gasteiger partial charge in [0, 0.05) is 18.9 Å². The Hall–Kier alpha value is -2.56. The van der Waals surface area contributed by atoms with Crippen molar-refractivity contribution >= 4 is 16.9 Å². The van der Waals surface area contributed by atoms with E-state index in [0.29, 0.717) is 10.9 Å². The van der Waals surface area contributed by atoms with Gasteiger partial charge in [0.15, 0.2) is 0 Å². The van der Waals surface area contributed by atoms with Crippen LogP contribution in [0, 0.1) is 0 Å². The van der Waals surface area contributed by atoms with E-state index in [4.69, 9.17) is 9.15 Å². The fourth-order valence-corrected chi connectivity index (χ4v) is 2.43. The van der Waals surface area contributed by atoms with E-state index < -0.39 is 17.7 Å². The molecule has 23 heavy (non-hydrogen) atoms. The van der Waals surface area contributed by atoms with Gasteiger partial charge in [-0.15, -0.1) is 0 Å². The van der Waals surface area contributed by atoms with Gasteiger partial charge in [-0.05, 0) is 26.8 Å². The third-order valence-electron chi connectivity index (χ3n) is 3.53. The van der Waals surface area contributed by atoms with E-state index in [1.54, 1.807) is 25.1 Å². The molecule has 1 aromatic heterocycles. The first kappa shape index (κ1) is 16.8. The number of fused-ring (bicyclic) bond motifs is 1. The standard InChI is InChI=1S/C18H20O5/c1-10(2)8-9-14-17(20)16-13(11(3)22-12(4)19)6-5-7-15(16)23-18(14)21/h5-8,11,20H,9H2,1-4H3/t11-/m0/s1. The van der Waals surface area contributed by atoms with Crippen molar-refractivity contribution in [2.75, 3.05) is 0 Å². The highest BCUT2D eigenvalue weighted by Gasteiger charge is 2.20. The quantitative estimate of drug-likeness (QED) is 0.529. The lowest BCUT2D eigenvalue weighted by molar-refractivity contribution is -0.145. The summed E-state index contributed by atoms with van der Waals surface area (Å²) < 4.78 is 10.5. The Morgan fingerprint density at radius 2 is 2.04 bits per heavy atom. The second-order valence-corrected chi connectivity index (χ2v) is 5.67. The van der Waals surface area contributed by atoms with E-state index in [2.05, 4.69) is 0 Å². The van der Waals surface area contributed by atoms with Crippen LogP contribution in [0.25, 0.3) is 11.0 Å². The van der Waals surface area contributed by atoms with Crippen molar-refractivity contribution < 1.29 is 19.1 Å². The molecule has 0 unspecified atom stereocenters. The number of esters is 1. The molecule has 0 aliphatic heterocycles. The number of aromatic hydroxyl groups is 1. The molecule has 0 aliphatic carbocycles. The number of rotatable bonds is 4. The van der Waals surface area contributed by atoms with E-state index in [-0.39, 0.29) is 23.3 Å². The molecule has 1 N–H and O–H groups in total. The average molecular weight is 316 g/mol. The molecular formula is C18H20O5. The monoisotopic (exact) mass is 316 g/mol. The molecule has 0 bridgehead atoms. The molecule has 0 fully saturated rings. The molecule has 0 radical (unpaired) electrons. The van der Waals surface area contributed by atoms with Gasteiger partial charge in [0.25, 0.3) is 0 Å². The highest BCUT2D eigenvalue weighted by Crippen LogP contribution is 2.34. The Labute approximate surface area is 134 Å². The number of carbonyl (C=O) groups is 1. The van der Waals surface area contributed by atoms with E-state index in [1.165, 1.54) is 6.92 Å². The van der Waals surface area contributed by atoms with E-state index >= 15 is 0 Å². The summed E-state index contributed by atoms with van der Waals surface area (Å²) in [6.07, 6.45) is 1.56. The van der Waals surface area contributed by atoms with Crippen LogP contribution in [-0.4, -0.2) is 11.1 Å². The summed E-state index contributed by atoms with van der Waals surface area (Å²) in [5.41, 5.74) is 1.53. The first-order chi connectivity index (χ1) is 10.8. The summed E-state index contributed by atoms with van der Waals surface area (Å²) in [5, 5.41) is 11.0. The average Bonchev–Trinajstić information content (AvgIpc) is 2.45. The Balaban J connectivity index is 2.67. The maximum absolute atomic E-state index is 12.1. The molecule has 1 heterocycles. The topological polar surface area (TPSA) is 76.7 Å². The fraction of sp³-hybridized carbons (Fsp3) is 0.333. The molecule has 1 atom stereocenters. The molecule has 2 aromatic rings. The molecule has 5 heteroatoms. The largest absolute Gasteiger partial charge is 0.507 e. The van der Waals surface area contributed by atoms with Crippen molar-refractivity contribution in [1.29, 1.82) is 0 Å². The van der Waals surface area contributed by atoms with Crippen molar-refractivity contribution in [2.24, 2.45) is 0 Å². The lowest BCUT2D eigenvalue weighted by Gasteiger charge is -2.15. The molecule has 122 valence electrons. The zero-order chi connectivity index (χ0) is 17.1. The minimum Gasteiger partial charge on any atom is -0.507 e. The molecule has 0 amide bonds. The Morgan fingerprint density at radius 3 is 2.65 bits per heavy atom. The summed E-state index contributed by atoms with van der Waals surface area (Å²) in [5.74, 6) is -0.542. The van der Waals surface area contributed by atoms with E-state index in [0.717, 1.165) is 5.57 Å². The molecule has 5 nitrogen and oxygen atoms in total. The second kappa shape index (κ2) is 6.69. The molecule has 1 aromatic carbocycles. The molecule has 0 spiro atoms. The normalized spacial score (nSPS) is 12.0. The first-order valence-corrected chi connectivity index (χ1v) is 7.39. The van der Waals surface area contributed by atoms with Gasteiger partial charge in [-0.1, -0.05) is 23.8 Å². The van der Waals surface area contributed by atoms with Gasteiger partial charge < -0.3 is 14.3 Å². The SMILES string of the molecule is CC(=O)O[C@@H](C)c1cccc2oc(=O)c(CC=C(C)C)c(O)c12. The van der Waals surface area contributed by atoms with Crippen LogP contribution < -0.4 is 5.63 Å². The van der Waals surface area contributed by atoms with Crippen LogP contribution in [0.1, 0.15) is 44.9 Å². The third-order valence-corrected chi connectivity index (χ3v) is 3.53. The van der Waals surface area contributed by atoms with Gasteiger partial charge in [0.1, 0.15) is 17.4 Å². The predicted molar refractivity (Wildman–Crippen MR) is 87.5 cm³/mol. The number of hydrogen-bond donors (Lipinski definition) is 1. The van der Waals surface area contributed by atoms with Crippen LogP contribution in [0.3, 0.4) is 0 Å². The van der Waals surface area contributed by atoms with Crippen LogP contribution in [0.5, 0.6) is 5.75 Å². The number of hydrogen-bond acceptors (Lipinski definition) is 5. The second-order valence-electron chi connectivity index (χ2n) is 5.67. The van der Waals surface area contributed by atoms with Crippen molar-refractivity contribution in [2.45, 2.75) is 40.2 Å². The van der Waals surface area contributed by atoms with Gasteiger partial charge >= 0.3 is 11.6 Å². The van der Waals surface area contributed by atoms with Gasteiger partial charge in [0.05, 0.1) is 10.9 Å². The van der Waals surface area contributed by atoms with E-state index in [1.807, 2.05) is 19.9 Å². The van der Waals surface area contributed by atoms with Gasteiger partial charge in [-0.25, -0.2) is 4.79 Å². The highest BCUT2D eigenvalue weighted by molar-refractivity contribution is 5.88. The van der Waals surface area contributed by atoms with Crippen LogP contribution >= 0.6 is 0 Å². The summed E-state index contributed by atoms with van der Waals surface area (Å²) >= 11 is 0. The number of ether oxygens (including phenoxy) is 1. The fourth-order valence-electron chi connectivity index (χ4n) is 2.43. The minimum atomic E-state index is -0.565. The minimum absolute atomic E-state index is 0.122. The van der Waals surface area contributed by atoms with Gasteiger partial charge in [-0.3, -0.25) is 4.79 Å². The van der Waals surface area contributed by atoms with Crippen LogP contribution in [0.4, 0.5) is 0 Å². The summed E-state index contributed by atoms with van der Waals surface area (Å²) in [6, 6.07) is 5.03. The Kier molecular flexibility index (Phi) is 4.89. The molecule has 2 rings (SSSR count). The van der Waals surface area contributed by atoms with Gasteiger partial charge in [0.2, 0.25) is 0 Å². The summed E-state index contributed by atoms with van der Waals surface area (Å²) in [4.78, 5) is 23.3. The maximum atomic E-state index is 12.1. The zero-order valence-corrected chi connectivity index (χ0v) is 13.7. The van der Waals surface area contributed by atoms with Crippen LogP contribution in [-0.2, 0) is 16.0 Å². The molecule has 0 aliphatic rings. The van der Waals surface area contributed by atoms with Crippen molar-refractivity contribution in [3.05, 3.63) is 51.4 Å². The molecule has 0 saturated heterocycles. The highest BCUT2D eigenvalue weighted by atomic mass is 16.5. The summed E-state index contributed by atoms with van der Waals surface area (Å²) in [7, 11) is 0. The summed E-state index contributed by atoms with van der Waals surface area (Å²) in [6.45, 7) is 6.85. The van der Waals surface area contributed by atoms with Crippen LogP contribution in [0.2, 0.25) is 0 Å². The van der Waals surface area contributed by atoms with Gasteiger partial charge in [-0.2, -0.15) is 0 Å². The maximum Gasteiger partial charge on any atom is 0.343 e. The smallest absolute Gasteiger partial charge is 0.343 e. The van der Waals surface area contributed by atoms with Crippen LogP contribution in [0.15, 0.2) is 39.1 Å². The Bertz CT molecular complexity index is 825. The van der Waals surface area contributed by atoms with Crippen molar-refractivity contribution in [3.63, 3.8) is 0 Å². The van der Waals surface area contributed by atoms with E-state index in [9.17, 15) is 14.7 Å². The first-order valence-electron chi connectivity index (χ1n) is 7.39. The lowest BCUT2D eigenvalue weighted by Crippen LogP contribution is -2.10. The molecule has 0 saturated carbocycles. The zero-order valence-electron chi connectivity index (χ0n) is 13.7. The molecular weight excluding hydrogens is 296 g/mol. The Morgan fingerprint density at radius 1 is 1.35 bits per heavy atom. The number of carbonyl (C=O) groups excluding carboxylic acids is 1. The third kappa shape index (κ3) is 3.62. The lowest BCUT2D eigenvalue weighted by atomic mass is 10.0. The van der Waals surface area contributed by atoms with Crippen molar-refractivity contribution in [1.82, 2.24) is 0 Å². The number of allylic oxidation sites excluding steroid dienone is 2. The van der Waals surface area contributed by atoms with Crippen molar-refractivity contribution in [3.8, 4) is 5.75 Å². The predicted octanol–water partition coefficient (Wildman–Crippen LogP) is 3.63.